The van der Waals surface area contributed by atoms with Crippen LogP contribution in [-0.4, -0.2) is 37.9 Å². The van der Waals surface area contributed by atoms with Crippen molar-refractivity contribution >= 4 is 5.96 Å². The third-order valence-corrected chi connectivity index (χ3v) is 3.88. The van der Waals surface area contributed by atoms with Crippen LogP contribution in [0.4, 0.5) is 8.78 Å². The quantitative estimate of drug-likeness (QED) is 0.451. The zero-order valence-corrected chi connectivity index (χ0v) is 15.9. The van der Waals surface area contributed by atoms with E-state index in [1.165, 1.54) is 12.1 Å². The number of nitrogens with zero attached hydrogens (tertiary/aromatic N) is 1. The van der Waals surface area contributed by atoms with Gasteiger partial charge in [-0.3, -0.25) is 0 Å². The number of alkyl halides is 2. The maximum Gasteiger partial charge on any atom is 0.387 e. The van der Waals surface area contributed by atoms with Gasteiger partial charge >= 0.3 is 6.61 Å². The molecule has 8 heteroatoms. The van der Waals surface area contributed by atoms with Gasteiger partial charge in [0.05, 0.1) is 19.8 Å². The highest BCUT2D eigenvalue weighted by molar-refractivity contribution is 5.79. The van der Waals surface area contributed by atoms with E-state index in [0.717, 1.165) is 11.3 Å². The summed E-state index contributed by atoms with van der Waals surface area (Å²) in [6.45, 7) is 0.424. The number of ether oxygens (including phenoxy) is 2. The lowest BCUT2D eigenvalue weighted by Crippen LogP contribution is -2.39. The van der Waals surface area contributed by atoms with Crippen molar-refractivity contribution in [3.8, 4) is 11.5 Å². The van der Waals surface area contributed by atoms with Crippen LogP contribution in [-0.2, 0) is 6.54 Å². The first-order chi connectivity index (χ1) is 13.5. The first-order valence-electron chi connectivity index (χ1n) is 8.89. The van der Waals surface area contributed by atoms with Gasteiger partial charge in [0.1, 0.15) is 11.5 Å². The molecule has 0 aliphatic carbocycles. The average molecular weight is 393 g/mol. The second-order valence-corrected chi connectivity index (χ2v) is 5.89. The molecule has 0 amide bonds. The molecule has 0 saturated heterocycles. The largest absolute Gasteiger partial charge is 0.497 e. The molecule has 3 N–H and O–H groups in total. The minimum absolute atomic E-state index is 0.0494. The molecule has 0 aliphatic rings. The summed E-state index contributed by atoms with van der Waals surface area (Å²) in [7, 11) is 1.62. The van der Waals surface area contributed by atoms with Gasteiger partial charge in [-0.05, 0) is 42.3 Å². The van der Waals surface area contributed by atoms with Gasteiger partial charge in [0, 0.05) is 13.1 Å². The van der Waals surface area contributed by atoms with Gasteiger partial charge in [0.15, 0.2) is 5.96 Å². The highest BCUT2D eigenvalue weighted by Gasteiger charge is 2.10. The molecule has 0 aliphatic heterocycles. The molecule has 0 radical (unpaired) electrons. The van der Waals surface area contributed by atoms with Gasteiger partial charge in [-0.25, -0.2) is 4.99 Å². The molecule has 152 valence electrons. The number of aliphatic imine (C=N–C) groups is 1. The van der Waals surface area contributed by atoms with Crippen molar-refractivity contribution in [2.75, 3.05) is 20.2 Å². The topological polar surface area (TPSA) is 75.1 Å². The minimum Gasteiger partial charge on any atom is -0.497 e. The molecule has 0 aromatic heterocycles. The van der Waals surface area contributed by atoms with Gasteiger partial charge in [-0.15, -0.1) is 0 Å². The average Bonchev–Trinajstić information content (AvgIpc) is 2.70. The van der Waals surface area contributed by atoms with Crippen molar-refractivity contribution < 1.29 is 23.4 Å². The van der Waals surface area contributed by atoms with E-state index in [-0.39, 0.29) is 12.3 Å². The van der Waals surface area contributed by atoms with Gasteiger partial charge in [-0.1, -0.05) is 24.3 Å². The van der Waals surface area contributed by atoms with Crippen LogP contribution in [0, 0.1) is 0 Å². The normalized spacial score (nSPS) is 12.6. The van der Waals surface area contributed by atoms with E-state index in [9.17, 15) is 13.9 Å². The second kappa shape index (κ2) is 11.1. The molecule has 2 aromatic rings. The van der Waals surface area contributed by atoms with Crippen molar-refractivity contribution in [3.05, 3.63) is 59.7 Å². The highest BCUT2D eigenvalue weighted by Crippen LogP contribution is 2.19. The maximum atomic E-state index is 12.2. The van der Waals surface area contributed by atoms with E-state index in [0.29, 0.717) is 24.6 Å². The first-order valence-corrected chi connectivity index (χ1v) is 8.89. The smallest absolute Gasteiger partial charge is 0.387 e. The fourth-order valence-electron chi connectivity index (χ4n) is 2.43. The summed E-state index contributed by atoms with van der Waals surface area (Å²) in [6, 6.07) is 13.5. The molecule has 0 heterocycles. The zero-order chi connectivity index (χ0) is 20.4. The summed E-state index contributed by atoms with van der Waals surface area (Å²) in [5.41, 5.74) is 1.60. The number of nitrogens with one attached hydrogen (secondary N) is 2. The fourth-order valence-corrected chi connectivity index (χ4v) is 2.43. The summed E-state index contributed by atoms with van der Waals surface area (Å²) in [5.74, 6) is 1.40. The van der Waals surface area contributed by atoms with Crippen molar-refractivity contribution in [3.63, 3.8) is 0 Å². The molecule has 6 nitrogen and oxygen atoms in total. The van der Waals surface area contributed by atoms with E-state index in [1.54, 1.807) is 19.2 Å². The maximum absolute atomic E-state index is 12.2. The Balaban J connectivity index is 1.91. The summed E-state index contributed by atoms with van der Waals surface area (Å²) in [6.07, 6.45) is -0.828. The molecule has 0 bridgehead atoms. The Kier molecular flexibility index (Phi) is 8.48. The second-order valence-electron chi connectivity index (χ2n) is 5.89. The van der Waals surface area contributed by atoms with Crippen LogP contribution in [0.25, 0.3) is 0 Å². The highest BCUT2D eigenvalue weighted by atomic mass is 19.3. The van der Waals surface area contributed by atoms with Crippen molar-refractivity contribution in [2.24, 2.45) is 4.99 Å². The van der Waals surface area contributed by atoms with Crippen LogP contribution in [0.5, 0.6) is 11.5 Å². The summed E-state index contributed by atoms with van der Waals surface area (Å²) in [4.78, 5) is 4.49. The van der Waals surface area contributed by atoms with E-state index < -0.39 is 12.7 Å². The Morgan fingerprint density at radius 2 is 1.68 bits per heavy atom. The molecule has 28 heavy (non-hydrogen) atoms. The molecule has 2 aromatic carbocycles. The monoisotopic (exact) mass is 393 g/mol. The molecule has 2 rings (SSSR count). The van der Waals surface area contributed by atoms with Crippen LogP contribution in [0.2, 0.25) is 0 Å². The molecule has 1 unspecified atom stereocenters. The third kappa shape index (κ3) is 7.03. The van der Waals surface area contributed by atoms with E-state index in [1.807, 2.05) is 31.2 Å². The molecule has 0 spiro atoms. The standard InChI is InChI=1S/C20H25F2N3O3/c1-3-23-20(24-12-14-4-8-16(27-2)9-5-14)25-13-18(26)15-6-10-17(11-7-15)28-19(21)22/h4-11,18-19,26H,3,12-13H2,1-2H3,(H2,23,24,25). The van der Waals surface area contributed by atoms with Crippen molar-refractivity contribution in [2.45, 2.75) is 26.2 Å². The van der Waals surface area contributed by atoms with E-state index >= 15 is 0 Å². The molecule has 0 saturated carbocycles. The number of guanidine groups is 1. The molecular formula is C20H25F2N3O3. The Hall–Kier alpha value is -2.87. The lowest BCUT2D eigenvalue weighted by Gasteiger charge is -2.16. The Morgan fingerprint density at radius 1 is 1.04 bits per heavy atom. The molecule has 1 atom stereocenters. The number of hydrogen-bond donors (Lipinski definition) is 3. The molecular weight excluding hydrogens is 368 g/mol. The number of halogens is 2. The lowest BCUT2D eigenvalue weighted by molar-refractivity contribution is -0.0498. The SMILES string of the molecule is CCNC(=NCc1ccc(OC)cc1)NCC(O)c1ccc(OC(F)F)cc1. The van der Waals surface area contributed by atoms with Crippen LogP contribution in [0.15, 0.2) is 53.5 Å². The zero-order valence-electron chi connectivity index (χ0n) is 15.9. The number of hydrogen-bond acceptors (Lipinski definition) is 4. The third-order valence-electron chi connectivity index (χ3n) is 3.88. The number of aliphatic hydroxyl groups excluding tert-OH is 1. The molecule has 0 fully saturated rings. The minimum atomic E-state index is -2.87. The van der Waals surface area contributed by atoms with Crippen LogP contribution >= 0.6 is 0 Å². The number of benzene rings is 2. The fraction of sp³-hybridized carbons (Fsp3) is 0.350. The van der Waals surface area contributed by atoms with Crippen LogP contribution in [0.3, 0.4) is 0 Å². The van der Waals surface area contributed by atoms with Crippen LogP contribution < -0.4 is 20.1 Å². The number of methoxy groups -OCH3 is 1. The summed E-state index contributed by atoms with van der Waals surface area (Å²) in [5, 5.41) is 16.5. The predicted octanol–water partition coefficient (Wildman–Crippen LogP) is 3.09. The number of rotatable bonds is 9. The summed E-state index contributed by atoms with van der Waals surface area (Å²) < 4.78 is 33.8. The van der Waals surface area contributed by atoms with Gasteiger partial charge in [0.25, 0.3) is 0 Å². The van der Waals surface area contributed by atoms with Crippen molar-refractivity contribution in [1.29, 1.82) is 0 Å². The van der Waals surface area contributed by atoms with E-state index in [4.69, 9.17) is 4.74 Å². The number of aliphatic hydroxyl groups is 1. The lowest BCUT2D eigenvalue weighted by atomic mass is 10.1. The van der Waals surface area contributed by atoms with Gasteiger partial charge in [0.2, 0.25) is 0 Å². The Labute approximate surface area is 163 Å². The first kappa shape index (κ1) is 21.4. The van der Waals surface area contributed by atoms with Crippen molar-refractivity contribution in [1.82, 2.24) is 10.6 Å². The van der Waals surface area contributed by atoms with E-state index in [2.05, 4.69) is 20.4 Å². The van der Waals surface area contributed by atoms with Gasteiger partial charge < -0.3 is 25.2 Å². The Bertz CT molecular complexity index is 737. The van der Waals surface area contributed by atoms with Gasteiger partial charge in [-0.2, -0.15) is 8.78 Å². The van der Waals surface area contributed by atoms with Crippen LogP contribution in [0.1, 0.15) is 24.2 Å². The predicted molar refractivity (Wildman–Crippen MR) is 104 cm³/mol. The Morgan fingerprint density at radius 3 is 2.25 bits per heavy atom. The summed E-state index contributed by atoms with van der Waals surface area (Å²) >= 11 is 0.